The van der Waals surface area contributed by atoms with Crippen LogP contribution in [0.25, 0.3) is 0 Å². The Morgan fingerprint density at radius 3 is 2.88 bits per heavy atom. The third-order valence-corrected chi connectivity index (χ3v) is 8.66. The SMILES string of the molecule is Cn1cnnc1C1(c2cccc(NC(=O)c3cc(CN[C@@H]4CCOC4)c4c(n3)C(C)(C)CN4)c2)CC(CC#N)C1. The van der Waals surface area contributed by atoms with Crippen LogP contribution in [0.3, 0.4) is 0 Å². The monoisotopic (exact) mass is 540 g/mol. The van der Waals surface area contributed by atoms with Gasteiger partial charge < -0.3 is 25.3 Å². The maximum atomic E-state index is 13.6. The number of nitrogens with one attached hydrogen (secondary N) is 3. The summed E-state index contributed by atoms with van der Waals surface area (Å²) >= 11 is 0. The van der Waals surface area contributed by atoms with Gasteiger partial charge in [-0.15, -0.1) is 10.2 Å². The number of aryl methyl sites for hydroxylation is 1. The molecule has 2 aliphatic heterocycles. The van der Waals surface area contributed by atoms with Gasteiger partial charge in [-0.25, -0.2) is 4.98 Å². The lowest BCUT2D eigenvalue weighted by molar-refractivity contribution is 0.102. The highest BCUT2D eigenvalue weighted by atomic mass is 16.5. The molecule has 1 amide bonds. The Morgan fingerprint density at radius 1 is 1.30 bits per heavy atom. The van der Waals surface area contributed by atoms with Crippen molar-refractivity contribution in [3.05, 3.63) is 65.0 Å². The van der Waals surface area contributed by atoms with E-state index in [4.69, 9.17) is 9.72 Å². The van der Waals surface area contributed by atoms with Crippen LogP contribution in [-0.2, 0) is 29.2 Å². The van der Waals surface area contributed by atoms with E-state index < -0.39 is 0 Å². The van der Waals surface area contributed by atoms with Crippen molar-refractivity contribution in [2.45, 2.75) is 62.9 Å². The van der Waals surface area contributed by atoms with Crippen molar-refractivity contribution in [2.75, 3.05) is 30.4 Å². The van der Waals surface area contributed by atoms with Crippen molar-refractivity contribution in [1.29, 1.82) is 5.26 Å². The number of hydrogen-bond acceptors (Lipinski definition) is 8. The van der Waals surface area contributed by atoms with Crippen molar-refractivity contribution >= 4 is 17.3 Å². The van der Waals surface area contributed by atoms with E-state index in [1.807, 2.05) is 35.9 Å². The maximum absolute atomic E-state index is 13.6. The first kappa shape index (κ1) is 26.4. The van der Waals surface area contributed by atoms with Gasteiger partial charge in [0.2, 0.25) is 0 Å². The van der Waals surface area contributed by atoms with Crippen LogP contribution in [0.2, 0.25) is 0 Å². The highest BCUT2D eigenvalue weighted by Crippen LogP contribution is 2.53. The van der Waals surface area contributed by atoms with E-state index in [0.29, 0.717) is 42.9 Å². The zero-order chi connectivity index (χ0) is 27.9. The third-order valence-electron chi connectivity index (χ3n) is 8.66. The molecule has 10 nitrogen and oxygen atoms in total. The molecular formula is C30H36N8O2. The van der Waals surface area contributed by atoms with Gasteiger partial charge in [0.1, 0.15) is 17.8 Å². The largest absolute Gasteiger partial charge is 0.382 e. The zero-order valence-electron chi connectivity index (χ0n) is 23.3. The normalized spacial score (nSPS) is 24.6. The number of hydrogen-bond donors (Lipinski definition) is 3. The quantitative estimate of drug-likeness (QED) is 0.395. The van der Waals surface area contributed by atoms with Crippen molar-refractivity contribution in [3.8, 4) is 6.07 Å². The van der Waals surface area contributed by atoms with Crippen molar-refractivity contribution in [1.82, 2.24) is 25.1 Å². The lowest BCUT2D eigenvalue weighted by atomic mass is 9.57. The Labute approximate surface area is 234 Å². The predicted molar refractivity (Wildman–Crippen MR) is 151 cm³/mol. The molecule has 0 radical (unpaired) electrons. The second-order valence-electron chi connectivity index (χ2n) is 12.1. The number of rotatable bonds is 8. The van der Waals surface area contributed by atoms with Gasteiger partial charge in [0.15, 0.2) is 0 Å². The van der Waals surface area contributed by atoms with E-state index >= 15 is 0 Å². The summed E-state index contributed by atoms with van der Waals surface area (Å²) in [5, 5.41) is 28.0. The Kier molecular flexibility index (Phi) is 6.80. The number of pyridine rings is 1. The van der Waals surface area contributed by atoms with Crippen molar-refractivity contribution < 1.29 is 9.53 Å². The van der Waals surface area contributed by atoms with Crippen LogP contribution in [0.15, 0.2) is 36.7 Å². The number of nitrogens with zero attached hydrogens (tertiary/aromatic N) is 5. The summed E-state index contributed by atoms with van der Waals surface area (Å²) in [7, 11) is 1.95. The Bertz CT molecular complexity index is 1460. The summed E-state index contributed by atoms with van der Waals surface area (Å²) < 4.78 is 7.47. The van der Waals surface area contributed by atoms with Gasteiger partial charge in [0.05, 0.1) is 29.5 Å². The van der Waals surface area contributed by atoms with Gasteiger partial charge in [-0.1, -0.05) is 26.0 Å². The molecule has 0 unspecified atom stereocenters. The predicted octanol–water partition coefficient (Wildman–Crippen LogP) is 3.65. The summed E-state index contributed by atoms with van der Waals surface area (Å²) in [6.45, 7) is 7.21. The summed E-state index contributed by atoms with van der Waals surface area (Å²) in [5.74, 6) is 0.956. The smallest absolute Gasteiger partial charge is 0.274 e. The molecule has 208 valence electrons. The van der Waals surface area contributed by atoms with Crippen LogP contribution in [0, 0.1) is 17.2 Å². The number of carbonyl (C=O) groups excluding carboxylic acids is 1. The molecule has 4 heterocycles. The number of benzene rings is 1. The van der Waals surface area contributed by atoms with Gasteiger partial charge in [-0.05, 0) is 54.5 Å². The summed E-state index contributed by atoms with van der Waals surface area (Å²) in [6.07, 6.45) is 4.87. The zero-order valence-corrected chi connectivity index (χ0v) is 23.3. The fourth-order valence-corrected chi connectivity index (χ4v) is 6.44. The standard InChI is InChI=1S/C30H36N8O2/c1-29(2)17-33-25-20(15-32-23-8-10-40-16-23)11-24(36-26(25)29)27(39)35-22-6-4-5-21(12-22)30(13-19(14-30)7-9-31)28-37-34-18-38(28)3/h4-6,11-12,18-19,23,32-33H,7-8,10,13-17H2,1-3H3,(H,35,39)/t19?,23-,30?/m1/s1. The Morgan fingerprint density at radius 2 is 2.15 bits per heavy atom. The first-order valence-electron chi connectivity index (χ1n) is 14.0. The molecule has 1 saturated heterocycles. The number of carbonyl (C=O) groups is 1. The first-order chi connectivity index (χ1) is 19.3. The Balaban J connectivity index is 1.27. The molecule has 1 aliphatic carbocycles. The molecular weight excluding hydrogens is 504 g/mol. The highest BCUT2D eigenvalue weighted by molar-refractivity contribution is 6.03. The summed E-state index contributed by atoms with van der Waals surface area (Å²) in [6, 6.07) is 12.5. The molecule has 6 rings (SSSR count). The minimum Gasteiger partial charge on any atom is -0.382 e. The van der Waals surface area contributed by atoms with Crippen LogP contribution in [0.1, 0.15) is 72.7 Å². The van der Waals surface area contributed by atoms with E-state index in [0.717, 1.165) is 60.7 Å². The van der Waals surface area contributed by atoms with Crippen LogP contribution < -0.4 is 16.0 Å². The minimum atomic E-state index is -0.336. The number of fused-ring (bicyclic) bond motifs is 1. The van der Waals surface area contributed by atoms with E-state index in [1.165, 1.54) is 0 Å². The molecule has 2 aromatic heterocycles. The first-order valence-corrected chi connectivity index (χ1v) is 14.0. The topological polar surface area (TPSA) is 130 Å². The second-order valence-corrected chi connectivity index (χ2v) is 12.1. The maximum Gasteiger partial charge on any atom is 0.274 e. The lowest BCUT2D eigenvalue weighted by Crippen LogP contribution is -2.44. The molecule has 3 N–H and O–H groups in total. The molecule has 2 fully saturated rings. The molecule has 3 aromatic rings. The number of ether oxygens (including phenoxy) is 1. The molecule has 0 spiro atoms. The molecule has 3 aliphatic rings. The van der Waals surface area contributed by atoms with Gasteiger partial charge in [0.25, 0.3) is 5.91 Å². The average molecular weight is 541 g/mol. The fraction of sp³-hybridized carbons (Fsp3) is 0.500. The van der Waals surface area contributed by atoms with Crippen LogP contribution in [0.5, 0.6) is 0 Å². The average Bonchev–Trinajstić information content (AvgIpc) is 3.66. The van der Waals surface area contributed by atoms with Crippen LogP contribution in [0.4, 0.5) is 11.4 Å². The van der Waals surface area contributed by atoms with Crippen molar-refractivity contribution in [3.63, 3.8) is 0 Å². The van der Waals surface area contributed by atoms with E-state index in [1.54, 1.807) is 6.33 Å². The molecule has 10 heteroatoms. The van der Waals surface area contributed by atoms with E-state index in [9.17, 15) is 10.1 Å². The Hall–Kier alpha value is -3.81. The number of aromatic nitrogens is 4. The lowest BCUT2D eigenvalue weighted by Gasteiger charge is -2.46. The molecule has 1 atom stereocenters. The molecule has 1 saturated carbocycles. The third kappa shape index (κ3) is 4.73. The van der Waals surface area contributed by atoms with Gasteiger partial charge in [-0.3, -0.25) is 4.79 Å². The van der Waals surface area contributed by atoms with Crippen LogP contribution in [-0.4, -0.2) is 51.5 Å². The number of anilines is 2. The van der Waals surface area contributed by atoms with Crippen LogP contribution >= 0.6 is 0 Å². The van der Waals surface area contributed by atoms with E-state index in [-0.39, 0.29) is 16.7 Å². The second kappa shape index (κ2) is 10.3. The van der Waals surface area contributed by atoms with Gasteiger partial charge in [-0.2, -0.15) is 5.26 Å². The molecule has 1 aromatic carbocycles. The van der Waals surface area contributed by atoms with E-state index in [2.05, 4.69) is 52.1 Å². The minimum absolute atomic E-state index is 0.177. The molecule has 40 heavy (non-hydrogen) atoms. The van der Waals surface area contributed by atoms with Crippen molar-refractivity contribution in [2.24, 2.45) is 13.0 Å². The summed E-state index contributed by atoms with van der Waals surface area (Å²) in [5.41, 5.74) is 4.65. The number of amides is 1. The number of nitriles is 1. The van der Waals surface area contributed by atoms with Gasteiger partial charge >= 0.3 is 0 Å². The van der Waals surface area contributed by atoms with Gasteiger partial charge in [0, 0.05) is 50.3 Å². The highest BCUT2D eigenvalue weighted by Gasteiger charge is 2.49. The molecule has 0 bridgehead atoms. The summed E-state index contributed by atoms with van der Waals surface area (Å²) in [4.78, 5) is 18.4. The fourth-order valence-electron chi connectivity index (χ4n) is 6.44.